The summed E-state index contributed by atoms with van der Waals surface area (Å²) < 4.78 is 4.95. The van der Waals surface area contributed by atoms with Gasteiger partial charge in [-0.05, 0) is 12.1 Å². The van der Waals surface area contributed by atoms with Crippen molar-refractivity contribution in [3.63, 3.8) is 0 Å². The number of nitro groups is 1. The van der Waals surface area contributed by atoms with Gasteiger partial charge in [-0.1, -0.05) is 0 Å². The molecule has 8 heteroatoms. The molecule has 0 atom stereocenters. The first-order valence-electron chi connectivity index (χ1n) is 6.65. The number of nitro benzene ring substituents is 1. The molecule has 1 fully saturated rings. The lowest BCUT2D eigenvalue weighted by atomic mass is 10.2. The van der Waals surface area contributed by atoms with Crippen LogP contribution in [0.3, 0.4) is 0 Å². The number of carbonyl (C=O) groups excluding carboxylic acids is 1. The molecule has 1 aromatic carbocycles. The first-order valence-corrected chi connectivity index (χ1v) is 6.65. The molecule has 1 heterocycles. The molecule has 2 rings (SSSR count). The van der Waals surface area contributed by atoms with Crippen molar-refractivity contribution >= 4 is 17.3 Å². The third-order valence-electron chi connectivity index (χ3n) is 3.25. The molecule has 2 N–H and O–H groups in total. The number of methoxy groups -OCH3 is 1. The lowest BCUT2D eigenvalue weighted by Crippen LogP contribution is -2.46. The zero-order valence-corrected chi connectivity index (χ0v) is 11.8. The Kier molecular flexibility index (Phi) is 5.07. The average molecular weight is 294 g/mol. The number of ether oxygens (including phenoxy) is 1. The van der Waals surface area contributed by atoms with Crippen molar-refractivity contribution in [2.75, 3.05) is 45.2 Å². The number of carbonyl (C=O) groups is 1. The zero-order valence-electron chi connectivity index (χ0n) is 11.8. The van der Waals surface area contributed by atoms with E-state index in [4.69, 9.17) is 4.74 Å². The topological polar surface area (TPSA) is 96.7 Å². The lowest BCUT2D eigenvalue weighted by Gasteiger charge is -2.26. The summed E-state index contributed by atoms with van der Waals surface area (Å²) in [6, 6.07) is 4.35. The maximum atomic E-state index is 12.0. The van der Waals surface area contributed by atoms with Gasteiger partial charge in [-0.2, -0.15) is 0 Å². The second kappa shape index (κ2) is 7.00. The van der Waals surface area contributed by atoms with Crippen molar-refractivity contribution < 1.29 is 14.5 Å². The largest absolute Gasteiger partial charge is 0.496 e. The molecular weight excluding hydrogens is 276 g/mol. The number of hydrogen-bond acceptors (Lipinski definition) is 6. The molecule has 1 amide bonds. The van der Waals surface area contributed by atoms with Crippen LogP contribution in [-0.2, 0) is 4.79 Å². The summed E-state index contributed by atoms with van der Waals surface area (Å²) in [5.74, 6) is 0.118. The van der Waals surface area contributed by atoms with Gasteiger partial charge in [0.25, 0.3) is 5.69 Å². The molecule has 0 aliphatic carbocycles. The fraction of sp³-hybridized carbons (Fsp3) is 0.462. The van der Waals surface area contributed by atoms with E-state index in [1.807, 2.05) is 4.90 Å². The van der Waals surface area contributed by atoms with Crippen LogP contribution in [0.15, 0.2) is 18.2 Å². The summed E-state index contributed by atoms with van der Waals surface area (Å²) >= 11 is 0. The maximum Gasteiger partial charge on any atom is 0.296 e. The normalized spacial score (nSPS) is 15.5. The van der Waals surface area contributed by atoms with Crippen LogP contribution in [0.2, 0.25) is 0 Å². The van der Waals surface area contributed by atoms with E-state index in [9.17, 15) is 14.9 Å². The molecule has 1 saturated heterocycles. The third-order valence-corrected chi connectivity index (χ3v) is 3.25. The van der Waals surface area contributed by atoms with E-state index >= 15 is 0 Å². The number of piperazine rings is 1. The minimum Gasteiger partial charge on any atom is -0.496 e. The number of benzene rings is 1. The minimum absolute atomic E-state index is 0.178. The van der Waals surface area contributed by atoms with Crippen LogP contribution in [0.25, 0.3) is 0 Å². The highest BCUT2D eigenvalue weighted by atomic mass is 16.6. The highest BCUT2D eigenvalue weighted by Crippen LogP contribution is 2.28. The maximum absolute atomic E-state index is 12.0. The second-order valence-corrected chi connectivity index (χ2v) is 4.71. The van der Waals surface area contributed by atoms with Gasteiger partial charge in [0.1, 0.15) is 11.4 Å². The molecule has 1 aromatic rings. The average Bonchev–Trinajstić information content (AvgIpc) is 2.48. The van der Waals surface area contributed by atoms with Crippen LogP contribution in [0.4, 0.5) is 11.4 Å². The van der Waals surface area contributed by atoms with Crippen LogP contribution >= 0.6 is 0 Å². The van der Waals surface area contributed by atoms with E-state index in [1.165, 1.54) is 19.2 Å². The number of rotatable bonds is 5. The molecule has 0 unspecified atom stereocenters. The van der Waals surface area contributed by atoms with Gasteiger partial charge in [0.2, 0.25) is 5.91 Å². The predicted molar refractivity (Wildman–Crippen MR) is 77.6 cm³/mol. The van der Waals surface area contributed by atoms with Gasteiger partial charge in [0.05, 0.1) is 24.6 Å². The van der Waals surface area contributed by atoms with Crippen LogP contribution < -0.4 is 15.4 Å². The molecule has 21 heavy (non-hydrogen) atoms. The Morgan fingerprint density at radius 3 is 2.81 bits per heavy atom. The Labute approximate surface area is 122 Å². The Bertz CT molecular complexity index is 529. The molecule has 114 valence electrons. The molecular formula is C13H18N4O4. The fourth-order valence-electron chi connectivity index (χ4n) is 2.16. The molecule has 8 nitrogen and oxygen atoms in total. The smallest absolute Gasteiger partial charge is 0.296 e. The Balaban J connectivity index is 2.04. The molecule has 0 radical (unpaired) electrons. The van der Waals surface area contributed by atoms with Gasteiger partial charge in [-0.25, -0.2) is 0 Å². The van der Waals surface area contributed by atoms with Gasteiger partial charge in [-0.3, -0.25) is 19.8 Å². The van der Waals surface area contributed by atoms with Crippen LogP contribution in [0.1, 0.15) is 0 Å². The summed E-state index contributed by atoms with van der Waals surface area (Å²) in [5, 5.41) is 16.8. The van der Waals surface area contributed by atoms with E-state index in [0.717, 1.165) is 26.2 Å². The van der Waals surface area contributed by atoms with Crippen LogP contribution in [0.5, 0.6) is 5.75 Å². The fourth-order valence-corrected chi connectivity index (χ4v) is 2.16. The van der Waals surface area contributed by atoms with Gasteiger partial charge >= 0.3 is 0 Å². The van der Waals surface area contributed by atoms with Gasteiger partial charge in [-0.15, -0.1) is 0 Å². The summed E-state index contributed by atoms with van der Waals surface area (Å²) in [6.07, 6.45) is 0. The van der Waals surface area contributed by atoms with Gasteiger partial charge < -0.3 is 15.4 Å². The summed E-state index contributed by atoms with van der Waals surface area (Å²) in [4.78, 5) is 24.5. The summed E-state index contributed by atoms with van der Waals surface area (Å²) in [6.45, 7) is 3.49. The number of nitrogens with zero attached hydrogens (tertiary/aromatic N) is 2. The number of amides is 1. The highest BCUT2D eigenvalue weighted by Gasteiger charge is 2.19. The first-order chi connectivity index (χ1) is 10.1. The SMILES string of the molecule is COc1ccc(NC(=O)CN2CCNCC2)c([N+](=O)[O-])c1. The molecule has 1 aliphatic rings. The Morgan fingerprint density at radius 1 is 1.48 bits per heavy atom. The molecule has 0 bridgehead atoms. The van der Waals surface area contributed by atoms with E-state index in [2.05, 4.69) is 10.6 Å². The molecule has 0 spiro atoms. The highest BCUT2D eigenvalue weighted by molar-refractivity contribution is 5.94. The van der Waals surface area contributed by atoms with Crippen molar-refractivity contribution in [2.45, 2.75) is 0 Å². The quantitative estimate of drug-likeness (QED) is 0.604. The standard InChI is InChI=1S/C13H18N4O4/c1-21-10-2-3-11(12(8-10)17(19)20)15-13(18)9-16-6-4-14-5-7-16/h2-3,8,14H,4-7,9H2,1H3,(H,15,18). The predicted octanol–water partition coefficient (Wildman–Crippen LogP) is 0.447. The van der Waals surface area contributed by atoms with Crippen molar-refractivity contribution in [1.82, 2.24) is 10.2 Å². The van der Waals surface area contributed by atoms with Crippen molar-refractivity contribution in [1.29, 1.82) is 0 Å². The third kappa shape index (κ3) is 4.14. The van der Waals surface area contributed by atoms with Crippen LogP contribution in [-0.4, -0.2) is 55.6 Å². The molecule has 0 saturated carbocycles. The number of nitrogens with one attached hydrogen (secondary N) is 2. The van der Waals surface area contributed by atoms with E-state index in [1.54, 1.807) is 6.07 Å². The second-order valence-electron chi connectivity index (χ2n) is 4.71. The summed E-state index contributed by atoms with van der Waals surface area (Å²) in [7, 11) is 1.43. The van der Waals surface area contributed by atoms with E-state index in [-0.39, 0.29) is 23.8 Å². The van der Waals surface area contributed by atoms with Gasteiger partial charge in [0.15, 0.2) is 0 Å². The van der Waals surface area contributed by atoms with E-state index < -0.39 is 4.92 Å². The first kappa shape index (κ1) is 15.2. The minimum atomic E-state index is -0.539. The van der Waals surface area contributed by atoms with Gasteiger partial charge in [0, 0.05) is 26.2 Å². The molecule has 0 aromatic heterocycles. The molecule has 1 aliphatic heterocycles. The summed E-state index contributed by atoms with van der Waals surface area (Å²) in [5.41, 5.74) is 0.00365. The van der Waals surface area contributed by atoms with Crippen molar-refractivity contribution in [3.8, 4) is 5.75 Å². The van der Waals surface area contributed by atoms with Crippen molar-refractivity contribution in [3.05, 3.63) is 28.3 Å². The van der Waals surface area contributed by atoms with Crippen molar-refractivity contribution in [2.24, 2.45) is 0 Å². The Morgan fingerprint density at radius 2 is 2.19 bits per heavy atom. The monoisotopic (exact) mass is 294 g/mol. The van der Waals surface area contributed by atoms with Crippen LogP contribution in [0, 0.1) is 10.1 Å². The van der Waals surface area contributed by atoms with E-state index in [0.29, 0.717) is 5.75 Å². The zero-order chi connectivity index (χ0) is 15.2. The number of anilines is 1. The Hall–Kier alpha value is -2.19. The lowest BCUT2D eigenvalue weighted by molar-refractivity contribution is -0.384. The number of hydrogen-bond donors (Lipinski definition) is 2.